The van der Waals surface area contributed by atoms with Crippen LogP contribution >= 0.6 is 11.6 Å². The van der Waals surface area contributed by atoms with E-state index >= 15 is 0 Å². The number of ether oxygens (including phenoxy) is 2. The number of nitrogens with zero attached hydrogens (tertiary/aromatic N) is 4. The van der Waals surface area contributed by atoms with Crippen molar-refractivity contribution in [3.63, 3.8) is 0 Å². The molecule has 2 aliphatic heterocycles. The van der Waals surface area contributed by atoms with Crippen LogP contribution in [-0.2, 0) is 6.54 Å². The first kappa shape index (κ1) is 18.1. The van der Waals surface area contributed by atoms with E-state index in [1.165, 1.54) is 6.07 Å². The molecule has 0 saturated carbocycles. The third kappa shape index (κ3) is 3.04. The van der Waals surface area contributed by atoms with Gasteiger partial charge in [0.25, 0.3) is 0 Å². The van der Waals surface area contributed by atoms with Gasteiger partial charge in [0.05, 0.1) is 36.1 Å². The van der Waals surface area contributed by atoms with E-state index < -0.39 is 5.82 Å². The maximum atomic E-state index is 14.2. The summed E-state index contributed by atoms with van der Waals surface area (Å²) in [6.45, 7) is 7.95. The summed E-state index contributed by atoms with van der Waals surface area (Å²) in [4.78, 5) is 6.82. The zero-order valence-electron chi connectivity index (χ0n) is 15.8. The Labute approximate surface area is 171 Å². The zero-order valence-corrected chi connectivity index (χ0v) is 16.5. The first-order chi connectivity index (χ1) is 14.0. The molecule has 3 aromatic rings. The summed E-state index contributed by atoms with van der Waals surface area (Å²) in [5.41, 5.74) is 2.74. The Balaban J connectivity index is 1.70. The molecule has 0 spiro atoms. The number of fused-ring (bicyclic) bond motifs is 1. The number of benzene rings is 1. The van der Waals surface area contributed by atoms with E-state index in [1.807, 2.05) is 11.8 Å². The van der Waals surface area contributed by atoms with Gasteiger partial charge in [0, 0.05) is 17.8 Å². The van der Waals surface area contributed by atoms with Crippen molar-refractivity contribution in [1.82, 2.24) is 19.9 Å². The van der Waals surface area contributed by atoms with Gasteiger partial charge >= 0.3 is 0 Å². The highest BCUT2D eigenvalue weighted by Gasteiger charge is 2.26. The molecule has 0 unspecified atom stereocenters. The molecule has 5 rings (SSSR count). The highest BCUT2D eigenvalue weighted by Crippen LogP contribution is 2.36. The lowest BCUT2D eigenvalue weighted by Gasteiger charge is -2.31. The summed E-state index contributed by atoms with van der Waals surface area (Å²) in [5.74, 6) is 1.33. The van der Waals surface area contributed by atoms with Crippen molar-refractivity contribution in [3.05, 3.63) is 53.1 Å². The summed E-state index contributed by atoms with van der Waals surface area (Å²) >= 11 is 6.34. The Hall–Kier alpha value is -3.00. The van der Waals surface area contributed by atoms with Crippen molar-refractivity contribution in [2.45, 2.75) is 19.6 Å². The second-order valence-electron chi connectivity index (χ2n) is 7.15. The minimum Gasteiger partial charge on any atom is -0.488 e. The maximum Gasteiger partial charge on any atom is 0.180 e. The number of nitrogens with one attached hydrogen (secondary N) is 1. The fourth-order valence-corrected chi connectivity index (χ4v) is 3.81. The van der Waals surface area contributed by atoms with Crippen LogP contribution < -0.4 is 19.7 Å². The molecule has 2 aliphatic rings. The standard InChI is InChI=1S/C20H19ClFN5O2/c1-11-7-23-12(2)13-8-24-27-10-17-20(25-19(13)27)26(5-6-28-17)9-14-16(29-11)4-3-15(22)18(14)21/h3-4,8,10-11,23H,2,5-7,9H2,1H3/t11-/m0/s1. The van der Waals surface area contributed by atoms with Crippen molar-refractivity contribution < 1.29 is 13.9 Å². The van der Waals surface area contributed by atoms with Crippen LogP contribution in [0.3, 0.4) is 0 Å². The van der Waals surface area contributed by atoms with Crippen LogP contribution in [0.1, 0.15) is 18.1 Å². The molecule has 1 aromatic carbocycles. The monoisotopic (exact) mass is 415 g/mol. The third-order valence-corrected chi connectivity index (χ3v) is 5.53. The van der Waals surface area contributed by atoms with Crippen molar-refractivity contribution in [2.24, 2.45) is 0 Å². The van der Waals surface area contributed by atoms with Gasteiger partial charge in [-0.25, -0.2) is 13.9 Å². The number of hydrogen-bond donors (Lipinski definition) is 1. The second kappa shape index (κ2) is 6.81. The molecule has 0 fully saturated rings. The lowest BCUT2D eigenvalue weighted by Crippen LogP contribution is -2.34. The van der Waals surface area contributed by atoms with Crippen LogP contribution in [0.5, 0.6) is 11.5 Å². The lowest BCUT2D eigenvalue weighted by molar-refractivity contribution is 0.220. The van der Waals surface area contributed by atoms with Crippen LogP contribution in [0.4, 0.5) is 10.2 Å². The van der Waals surface area contributed by atoms with E-state index in [-0.39, 0.29) is 11.1 Å². The van der Waals surface area contributed by atoms with Crippen LogP contribution in [0.25, 0.3) is 11.3 Å². The Morgan fingerprint density at radius 1 is 1.34 bits per heavy atom. The van der Waals surface area contributed by atoms with Gasteiger partial charge in [0.15, 0.2) is 17.2 Å². The van der Waals surface area contributed by atoms with E-state index in [0.717, 1.165) is 5.56 Å². The number of hydrogen-bond acceptors (Lipinski definition) is 6. The highest BCUT2D eigenvalue weighted by molar-refractivity contribution is 6.31. The Bertz CT molecular complexity index is 1130. The molecule has 2 aromatic heterocycles. The number of aromatic nitrogens is 3. The fraction of sp³-hybridized carbons (Fsp3) is 0.300. The van der Waals surface area contributed by atoms with Crippen LogP contribution in [0.15, 0.2) is 31.1 Å². The predicted molar refractivity (Wildman–Crippen MR) is 108 cm³/mol. The van der Waals surface area contributed by atoms with E-state index in [2.05, 4.69) is 17.0 Å². The van der Waals surface area contributed by atoms with E-state index in [0.29, 0.717) is 60.5 Å². The van der Waals surface area contributed by atoms with Crippen LogP contribution in [0, 0.1) is 5.82 Å². The van der Waals surface area contributed by atoms with Gasteiger partial charge in [0.1, 0.15) is 24.3 Å². The predicted octanol–water partition coefficient (Wildman–Crippen LogP) is 3.26. The Morgan fingerprint density at radius 2 is 2.21 bits per heavy atom. The minimum absolute atomic E-state index is 0.0566. The zero-order chi connectivity index (χ0) is 20.1. The summed E-state index contributed by atoms with van der Waals surface area (Å²) in [7, 11) is 0. The van der Waals surface area contributed by atoms with E-state index in [1.54, 1.807) is 23.0 Å². The number of anilines is 1. The number of rotatable bonds is 0. The molecule has 4 heterocycles. The second-order valence-corrected chi connectivity index (χ2v) is 7.53. The first-order valence-corrected chi connectivity index (χ1v) is 9.72. The van der Waals surface area contributed by atoms with Crippen molar-refractivity contribution >= 4 is 28.8 Å². The molecule has 7 nitrogen and oxygen atoms in total. The molecule has 0 saturated heterocycles. The normalized spacial score (nSPS) is 18.8. The molecule has 2 bridgehead atoms. The molecule has 9 heteroatoms. The summed E-state index contributed by atoms with van der Waals surface area (Å²) in [6.07, 6.45) is 3.32. The van der Waals surface area contributed by atoms with Crippen molar-refractivity contribution in [3.8, 4) is 11.5 Å². The summed E-state index contributed by atoms with van der Waals surface area (Å²) < 4.78 is 27.8. The van der Waals surface area contributed by atoms with Gasteiger partial charge in [0.2, 0.25) is 0 Å². The van der Waals surface area contributed by atoms with Crippen LogP contribution in [-0.4, -0.2) is 40.4 Å². The maximum absolute atomic E-state index is 14.2. The molecule has 0 aliphatic carbocycles. The van der Waals surface area contributed by atoms with Gasteiger partial charge in [-0.3, -0.25) is 0 Å². The fourth-order valence-electron chi connectivity index (χ4n) is 3.60. The third-order valence-electron chi connectivity index (χ3n) is 5.12. The number of halogens is 2. The highest BCUT2D eigenvalue weighted by atomic mass is 35.5. The molecule has 1 N–H and O–H groups in total. The quantitative estimate of drug-likeness (QED) is 0.608. The molecule has 0 radical (unpaired) electrons. The SMILES string of the molecule is C=C1NC[C@H](C)Oc2ccc(F)c(Cl)c2CN2CCOc3cn4ncc1c4nc32. The first-order valence-electron chi connectivity index (χ1n) is 9.34. The summed E-state index contributed by atoms with van der Waals surface area (Å²) in [5, 5.41) is 7.70. The molecule has 29 heavy (non-hydrogen) atoms. The van der Waals surface area contributed by atoms with E-state index in [4.69, 9.17) is 26.1 Å². The average Bonchev–Trinajstić information content (AvgIpc) is 3.12. The molecular weight excluding hydrogens is 397 g/mol. The van der Waals surface area contributed by atoms with Gasteiger partial charge in [-0.05, 0) is 19.1 Å². The summed E-state index contributed by atoms with van der Waals surface area (Å²) in [6, 6.07) is 2.94. The Morgan fingerprint density at radius 3 is 3.07 bits per heavy atom. The largest absolute Gasteiger partial charge is 0.488 e. The molecule has 150 valence electrons. The molecular formula is C20H19ClFN5O2. The van der Waals surface area contributed by atoms with Crippen molar-refractivity contribution in [2.75, 3.05) is 24.6 Å². The lowest BCUT2D eigenvalue weighted by atomic mass is 10.1. The van der Waals surface area contributed by atoms with Crippen LogP contribution in [0.2, 0.25) is 5.02 Å². The minimum atomic E-state index is -0.479. The van der Waals surface area contributed by atoms with Gasteiger partial charge in [-0.2, -0.15) is 5.10 Å². The van der Waals surface area contributed by atoms with E-state index in [9.17, 15) is 4.39 Å². The van der Waals surface area contributed by atoms with Gasteiger partial charge in [-0.15, -0.1) is 0 Å². The van der Waals surface area contributed by atoms with Gasteiger partial charge < -0.3 is 19.7 Å². The topological polar surface area (TPSA) is 63.9 Å². The average molecular weight is 416 g/mol. The molecule has 1 atom stereocenters. The smallest absolute Gasteiger partial charge is 0.180 e. The molecule has 0 amide bonds. The van der Waals surface area contributed by atoms with Gasteiger partial charge in [-0.1, -0.05) is 18.2 Å². The Kier molecular flexibility index (Phi) is 4.24. The van der Waals surface area contributed by atoms with Crippen molar-refractivity contribution in [1.29, 1.82) is 0 Å².